The van der Waals surface area contributed by atoms with Gasteiger partial charge >= 0.3 is 6.18 Å². The van der Waals surface area contributed by atoms with Crippen LogP contribution in [0.15, 0.2) is 48.7 Å². The number of amides is 2. The number of fused-ring (bicyclic) bond motifs is 1. The predicted molar refractivity (Wildman–Crippen MR) is 142 cm³/mol. The molecule has 13 heteroatoms. The number of hydrogen-bond acceptors (Lipinski definition) is 7. The fraction of sp³-hybridized carbons (Fsp3) is 0.407. The molecular formula is C27H30F3N7O3. The summed E-state index contributed by atoms with van der Waals surface area (Å²) in [6, 6.07) is 10.7. The first-order valence-electron chi connectivity index (χ1n) is 13.1. The maximum atomic E-state index is 12.5. The summed E-state index contributed by atoms with van der Waals surface area (Å²) in [5.41, 5.74) is 3.64. The summed E-state index contributed by atoms with van der Waals surface area (Å²) in [6.45, 7) is 3.17. The number of aromatic nitrogens is 3. The number of carbonyl (C=O) groups excluding carboxylic acids is 2. The molecule has 2 aliphatic heterocycles. The largest absolute Gasteiger partial charge is 0.389 e. The number of halogens is 3. The molecule has 10 nitrogen and oxygen atoms in total. The average molecular weight is 558 g/mol. The quantitative estimate of drug-likeness (QED) is 0.390. The second-order valence-corrected chi connectivity index (χ2v) is 9.67. The van der Waals surface area contributed by atoms with Crippen molar-refractivity contribution in [3.05, 3.63) is 59.8 Å². The Bertz CT molecular complexity index is 1380. The van der Waals surface area contributed by atoms with E-state index in [9.17, 15) is 22.8 Å². The number of hydrogen-bond donors (Lipinski definition) is 3. The van der Waals surface area contributed by atoms with Crippen molar-refractivity contribution < 1.29 is 27.5 Å². The summed E-state index contributed by atoms with van der Waals surface area (Å²) < 4.78 is 44.6. The van der Waals surface area contributed by atoms with Crippen molar-refractivity contribution in [3.8, 4) is 0 Å². The van der Waals surface area contributed by atoms with Gasteiger partial charge in [0.05, 0.1) is 19.1 Å². The number of nitrogens with zero attached hydrogens (tertiary/aromatic N) is 4. The van der Waals surface area contributed by atoms with Crippen LogP contribution in [0.5, 0.6) is 0 Å². The van der Waals surface area contributed by atoms with E-state index in [1.165, 1.54) is 4.90 Å². The van der Waals surface area contributed by atoms with Crippen LogP contribution in [0.1, 0.15) is 35.2 Å². The molecule has 4 heterocycles. The third kappa shape index (κ3) is 6.96. The molecule has 5 rings (SSSR count). The molecule has 1 aromatic carbocycles. The summed E-state index contributed by atoms with van der Waals surface area (Å²) in [7, 11) is 0. The van der Waals surface area contributed by atoms with Gasteiger partial charge in [0.2, 0.25) is 11.9 Å². The highest BCUT2D eigenvalue weighted by Gasteiger charge is 2.29. The molecule has 0 saturated carbocycles. The second-order valence-electron chi connectivity index (χ2n) is 9.67. The SMILES string of the molecule is O=C(NCC1CNCCO1)c1ccc(Nc2nc3c(C4=CCN(C(=O)CCC(F)(F)F)CC4)cccn3n2)cc1. The lowest BCUT2D eigenvalue weighted by Gasteiger charge is -2.27. The summed E-state index contributed by atoms with van der Waals surface area (Å²) in [6.07, 6.45) is -1.92. The zero-order valence-corrected chi connectivity index (χ0v) is 21.7. The molecule has 2 aromatic heterocycles. The van der Waals surface area contributed by atoms with Crippen LogP contribution in [-0.4, -0.2) is 82.9 Å². The molecule has 40 heavy (non-hydrogen) atoms. The van der Waals surface area contributed by atoms with Gasteiger partial charge in [-0.2, -0.15) is 18.2 Å². The Labute approximate surface area is 228 Å². The van der Waals surface area contributed by atoms with Gasteiger partial charge in [-0.25, -0.2) is 4.52 Å². The van der Waals surface area contributed by atoms with Crippen molar-refractivity contribution in [2.75, 3.05) is 44.6 Å². The minimum atomic E-state index is -4.35. The minimum absolute atomic E-state index is 0.0429. The standard InChI is InChI=1S/C27H30F3N7O3/c28-27(29,30)10-7-23(38)36-13-8-18(9-14-36)22-2-1-12-37-24(22)34-26(35-37)33-20-5-3-19(4-6-20)25(39)32-17-21-16-31-11-15-40-21/h1-6,8,12,21,31H,7,9-11,13-17H2,(H,32,39)(H,33,35). The van der Waals surface area contributed by atoms with E-state index in [2.05, 4.69) is 26.0 Å². The summed E-state index contributed by atoms with van der Waals surface area (Å²) in [5, 5.41) is 13.8. The van der Waals surface area contributed by atoms with E-state index in [0.717, 1.165) is 17.7 Å². The number of pyridine rings is 1. The smallest absolute Gasteiger partial charge is 0.374 e. The molecule has 1 saturated heterocycles. The molecule has 0 aliphatic carbocycles. The molecule has 1 unspecified atom stereocenters. The second kappa shape index (κ2) is 12.0. The average Bonchev–Trinajstić information content (AvgIpc) is 3.38. The Morgan fingerprint density at radius 1 is 1.18 bits per heavy atom. The lowest BCUT2D eigenvalue weighted by atomic mass is 10.00. The predicted octanol–water partition coefficient (Wildman–Crippen LogP) is 3.15. The number of benzene rings is 1. The number of rotatable bonds is 8. The van der Waals surface area contributed by atoms with E-state index in [0.29, 0.717) is 55.5 Å². The van der Waals surface area contributed by atoms with Gasteiger partial charge in [0.1, 0.15) is 0 Å². The van der Waals surface area contributed by atoms with Crippen LogP contribution >= 0.6 is 0 Å². The molecule has 2 amide bonds. The Morgan fingerprint density at radius 2 is 2.00 bits per heavy atom. The molecule has 0 bridgehead atoms. The molecule has 0 radical (unpaired) electrons. The Morgan fingerprint density at radius 3 is 2.70 bits per heavy atom. The van der Waals surface area contributed by atoms with Gasteiger partial charge in [-0.05, 0) is 48.4 Å². The fourth-order valence-corrected chi connectivity index (χ4v) is 4.65. The van der Waals surface area contributed by atoms with Gasteiger partial charge in [-0.15, -0.1) is 5.10 Å². The zero-order valence-electron chi connectivity index (χ0n) is 21.7. The summed E-state index contributed by atoms with van der Waals surface area (Å²) in [4.78, 5) is 30.7. The van der Waals surface area contributed by atoms with E-state index >= 15 is 0 Å². The molecule has 1 fully saturated rings. The minimum Gasteiger partial charge on any atom is -0.374 e. The van der Waals surface area contributed by atoms with E-state index in [-0.39, 0.29) is 18.6 Å². The number of nitrogens with one attached hydrogen (secondary N) is 3. The normalized spacial score (nSPS) is 17.9. The van der Waals surface area contributed by atoms with Gasteiger partial charge in [0, 0.05) is 62.2 Å². The van der Waals surface area contributed by atoms with Crippen molar-refractivity contribution >= 4 is 34.7 Å². The van der Waals surface area contributed by atoms with Crippen molar-refractivity contribution in [1.82, 2.24) is 30.1 Å². The molecule has 3 N–H and O–H groups in total. The Kier molecular flexibility index (Phi) is 8.31. The number of alkyl halides is 3. The molecule has 1 atom stereocenters. The van der Waals surface area contributed by atoms with Crippen LogP contribution in [0.3, 0.4) is 0 Å². The number of carbonyl (C=O) groups is 2. The highest BCUT2D eigenvalue weighted by atomic mass is 19.4. The lowest BCUT2D eigenvalue weighted by Crippen LogP contribution is -2.45. The highest BCUT2D eigenvalue weighted by Crippen LogP contribution is 2.28. The van der Waals surface area contributed by atoms with Crippen LogP contribution in [-0.2, 0) is 9.53 Å². The topological polar surface area (TPSA) is 113 Å². The fourth-order valence-electron chi connectivity index (χ4n) is 4.65. The highest BCUT2D eigenvalue weighted by molar-refractivity contribution is 5.94. The maximum Gasteiger partial charge on any atom is 0.389 e. The first-order chi connectivity index (χ1) is 19.2. The summed E-state index contributed by atoms with van der Waals surface area (Å²) >= 11 is 0. The first kappa shape index (κ1) is 27.6. The van der Waals surface area contributed by atoms with Gasteiger partial charge in [-0.1, -0.05) is 6.08 Å². The zero-order chi connectivity index (χ0) is 28.1. The van der Waals surface area contributed by atoms with E-state index < -0.39 is 24.9 Å². The molecule has 2 aliphatic rings. The van der Waals surface area contributed by atoms with E-state index in [1.807, 2.05) is 18.2 Å². The summed E-state index contributed by atoms with van der Waals surface area (Å²) in [5.74, 6) is -0.316. The number of morpholine rings is 1. The third-order valence-corrected chi connectivity index (χ3v) is 6.79. The van der Waals surface area contributed by atoms with E-state index in [4.69, 9.17) is 4.74 Å². The van der Waals surface area contributed by atoms with Crippen LogP contribution < -0.4 is 16.0 Å². The molecule has 3 aromatic rings. The van der Waals surface area contributed by atoms with Gasteiger partial charge in [0.15, 0.2) is 5.65 Å². The van der Waals surface area contributed by atoms with Gasteiger partial charge in [0.25, 0.3) is 5.91 Å². The molecule has 0 spiro atoms. The van der Waals surface area contributed by atoms with Crippen molar-refractivity contribution in [2.45, 2.75) is 31.5 Å². The first-order valence-corrected chi connectivity index (χ1v) is 13.1. The molecular weight excluding hydrogens is 527 g/mol. The Balaban J connectivity index is 1.20. The van der Waals surface area contributed by atoms with Crippen LogP contribution in [0.4, 0.5) is 24.8 Å². The van der Waals surface area contributed by atoms with Gasteiger partial charge < -0.3 is 25.6 Å². The lowest BCUT2D eigenvalue weighted by molar-refractivity contribution is -0.148. The number of anilines is 2. The number of ether oxygens (including phenoxy) is 1. The van der Waals surface area contributed by atoms with Crippen molar-refractivity contribution in [3.63, 3.8) is 0 Å². The van der Waals surface area contributed by atoms with Crippen molar-refractivity contribution in [2.24, 2.45) is 0 Å². The van der Waals surface area contributed by atoms with Crippen LogP contribution in [0.2, 0.25) is 0 Å². The van der Waals surface area contributed by atoms with Crippen molar-refractivity contribution in [1.29, 1.82) is 0 Å². The van der Waals surface area contributed by atoms with E-state index in [1.54, 1.807) is 35.0 Å². The third-order valence-electron chi connectivity index (χ3n) is 6.79. The maximum absolute atomic E-state index is 12.5. The molecule has 212 valence electrons. The van der Waals surface area contributed by atoms with Crippen LogP contribution in [0, 0.1) is 0 Å². The van der Waals surface area contributed by atoms with Gasteiger partial charge in [-0.3, -0.25) is 9.59 Å². The monoisotopic (exact) mass is 557 g/mol. The van der Waals surface area contributed by atoms with Crippen LogP contribution in [0.25, 0.3) is 11.2 Å². The Hall–Kier alpha value is -3.97.